The quantitative estimate of drug-likeness (QED) is 0.433. The Bertz CT molecular complexity index is 744. The van der Waals surface area contributed by atoms with Gasteiger partial charge >= 0.3 is 0 Å². The van der Waals surface area contributed by atoms with Crippen LogP contribution in [0.15, 0.2) is 34.1 Å². The van der Waals surface area contributed by atoms with E-state index in [1.807, 2.05) is 0 Å². The molecule has 26 heavy (non-hydrogen) atoms. The lowest BCUT2D eigenvalue weighted by Crippen LogP contribution is -2.36. The maximum atomic E-state index is 12.3. The van der Waals surface area contributed by atoms with Crippen LogP contribution in [-0.2, 0) is 20.0 Å². The topological polar surface area (TPSA) is 104 Å². The van der Waals surface area contributed by atoms with Gasteiger partial charge in [0.1, 0.15) is 0 Å². The fourth-order valence-corrected chi connectivity index (χ4v) is 4.71. The number of sulfonamides is 2. The predicted molar refractivity (Wildman–Crippen MR) is 105 cm³/mol. The van der Waals surface area contributed by atoms with Gasteiger partial charge in [-0.2, -0.15) is 0 Å². The summed E-state index contributed by atoms with van der Waals surface area (Å²) in [6, 6.07) is 5.63. The van der Waals surface area contributed by atoms with Crippen LogP contribution in [0.3, 0.4) is 0 Å². The van der Waals surface area contributed by atoms with E-state index in [2.05, 4.69) is 14.8 Å². The zero-order valence-electron chi connectivity index (χ0n) is 14.9. The van der Waals surface area contributed by atoms with Crippen molar-refractivity contribution in [2.45, 2.75) is 54.4 Å². The summed E-state index contributed by atoms with van der Waals surface area (Å²) in [7, 11) is -5.91. The highest BCUT2D eigenvalue weighted by molar-refractivity contribution is 7.90. The van der Waals surface area contributed by atoms with E-state index in [0.29, 0.717) is 19.1 Å². The third-order valence-electron chi connectivity index (χ3n) is 4.42. The van der Waals surface area contributed by atoms with E-state index in [1.54, 1.807) is 0 Å². The van der Waals surface area contributed by atoms with Crippen molar-refractivity contribution in [2.24, 2.45) is 0 Å². The van der Waals surface area contributed by atoms with Crippen LogP contribution < -0.4 is 14.8 Å². The van der Waals surface area contributed by atoms with Crippen molar-refractivity contribution < 1.29 is 16.8 Å². The lowest BCUT2D eigenvalue weighted by Gasteiger charge is -2.16. The third-order valence-corrected chi connectivity index (χ3v) is 7.33. The molecule has 0 radical (unpaired) electrons. The van der Waals surface area contributed by atoms with Crippen molar-refractivity contribution in [1.82, 2.24) is 14.8 Å². The average Bonchev–Trinajstić information content (AvgIpc) is 2.88. The molecule has 0 aromatic heterocycles. The van der Waals surface area contributed by atoms with Gasteiger partial charge in [-0.05, 0) is 44.2 Å². The SMILES string of the molecule is CNS(=O)(=O)c1ccc(S(=O)(=O)NCCNC2CCCCCC2)cc1.Cl. The van der Waals surface area contributed by atoms with E-state index in [1.165, 1.54) is 57.0 Å². The van der Waals surface area contributed by atoms with Gasteiger partial charge in [0, 0.05) is 19.1 Å². The first kappa shape index (κ1) is 23.3. The van der Waals surface area contributed by atoms with E-state index < -0.39 is 20.0 Å². The highest BCUT2D eigenvalue weighted by atomic mass is 35.5. The molecule has 7 nitrogen and oxygen atoms in total. The van der Waals surface area contributed by atoms with Crippen LogP contribution in [-0.4, -0.2) is 43.0 Å². The Hall–Kier alpha value is -0.710. The standard InChI is InChI=1S/C16H27N3O4S2.ClH/c1-17-24(20,21)15-8-10-16(11-9-15)25(22,23)19-13-12-18-14-6-4-2-3-5-7-14;/h8-11,14,17-19H,2-7,12-13H2,1H3;1H. The zero-order chi connectivity index (χ0) is 18.3. The van der Waals surface area contributed by atoms with Gasteiger partial charge in [0.15, 0.2) is 0 Å². The van der Waals surface area contributed by atoms with Crippen LogP contribution in [0.1, 0.15) is 38.5 Å². The Morgan fingerprint density at radius 2 is 1.35 bits per heavy atom. The summed E-state index contributed by atoms with van der Waals surface area (Å²) in [6.45, 7) is 0.880. The van der Waals surface area contributed by atoms with Gasteiger partial charge in [0.05, 0.1) is 9.79 Å². The molecule has 1 saturated carbocycles. The normalized spacial score (nSPS) is 16.7. The fourth-order valence-electron chi connectivity index (χ4n) is 2.94. The number of benzene rings is 1. The Labute approximate surface area is 162 Å². The molecule has 0 unspecified atom stereocenters. The molecular weight excluding hydrogens is 398 g/mol. The van der Waals surface area contributed by atoms with E-state index >= 15 is 0 Å². The molecule has 1 aromatic carbocycles. The highest BCUT2D eigenvalue weighted by Crippen LogP contribution is 2.17. The molecule has 1 aliphatic rings. The van der Waals surface area contributed by atoms with Crippen molar-refractivity contribution in [2.75, 3.05) is 20.1 Å². The molecular formula is C16H28ClN3O4S2. The minimum absolute atomic E-state index is 0. The number of nitrogens with one attached hydrogen (secondary N) is 3. The molecule has 0 amide bonds. The van der Waals surface area contributed by atoms with Crippen LogP contribution in [0.25, 0.3) is 0 Å². The molecule has 1 aliphatic carbocycles. The lowest BCUT2D eigenvalue weighted by molar-refractivity contribution is 0.461. The van der Waals surface area contributed by atoms with Gasteiger partial charge in [-0.25, -0.2) is 26.3 Å². The Balaban J connectivity index is 0.00000338. The van der Waals surface area contributed by atoms with Crippen molar-refractivity contribution in [3.8, 4) is 0 Å². The van der Waals surface area contributed by atoms with Crippen molar-refractivity contribution in [3.05, 3.63) is 24.3 Å². The van der Waals surface area contributed by atoms with E-state index in [-0.39, 0.29) is 22.2 Å². The fraction of sp³-hybridized carbons (Fsp3) is 0.625. The van der Waals surface area contributed by atoms with Crippen LogP contribution in [0.5, 0.6) is 0 Å². The van der Waals surface area contributed by atoms with Gasteiger partial charge in [-0.3, -0.25) is 0 Å². The molecule has 1 aromatic rings. The summed E-state index contributed by atoms with van der Waals surface area (Å²) in [5.74, 6) is 0. The second-order valence-electron chi connectivity index (χ2n) is 6.22. The Kier molecular flexibility index (Phi) is 9.49. The Morgan fingerprint density at radius 3 is 1.85 bits per heavy atom. The average molecular weight is 426 g/mol. The summed E-state index contributed by atoms with van der Waals surface area (Å²) in [4.78, 5) is 0.0843. The largest absolute Gasteiger partial charge is 0.313 e. The van der Waals surface area contributed by atoms with E-state index in [0.717, 1.165) is 12.8 Å². The monoisotopic (exact) mass is 425 g/mol. The van der Waals surface area contributed by atoms with Crippen LogP contribution in [0.4, 0.5) is 0 Å². The van der Waals surface area contributed by atoms with Gasteiger partial charge in [0.2, 0.25) is 20.0 Å². The summed E-state index contributed by atoms with van der Waals surface area (Å²) < 4.78 is 52.6. The second kappa shape index (κ2) is 10.6. The minimum atomic E-state index is -3.64. The number of halogens is 1. The highest BCUT2D eigenvalue weighted by Gasteiger charge is 2.17. The van der Waals surface area contributed by atoms with Crippen molar-refractivity contribution in [1.29, 1.82) is 0 Å². The van der Waals surface area contributed by atoms with Gasteiger partial charge < -0.3 is 5.32 Å². The molecule has 0 atom stereocenters. The number of hydrogen-bond donors (Lipinski definition) is 3. The van der Waals surface area contributed by atoms with Crippen molar-refractivity contribution in [3.63, 3.8) is 0 Å². The third kappa shape index (κ3) is 6.79. The van der Waals surface area contributed by atoms with E-state index in [9.17, 15) is 16.8 Å². The number of hydrogen-bond acceptors (Lipinski definition) is 5. The predicted octanol–water partition coefficient (Wildman–Crippen LogP) is 1.61. The summed E-state index contributed by atoms with van der Waals surface area (Å²) >= 11 is 0. The first-order valence-electron chi connectivity index (χ1n) is 8.62. The molecule has 3 N–H and O–H groups in total. The molecule has 10 heteroatoms. The Morgan fingerprint density at radius 1 is 0.846 bits per heavy atom. The molecule has 2 rings (SSSR count). The molecule has 0 spiro atoms. The molecule has 0 bridgehead atoms. The molecule has 0 aliphatic heterocycles. The van der Waals surface area contributed by atoms with E-state index in [4.69, 9.17) is 0 Å². The van der Waals surface area contributed by atoms with Crippen molar-refractivity contribution >= 4 is 32.5 Å². The summed E-state index contributed by atoms with van der Waals surface area (Å²) in [5.41, 5.74) is 0. The maximum Gasteiger partial charge on any atom is 0.240 e. The maximum absolute atomic E-state index is 12.3. The van der Waals surface area contributed by atoms with Crippen LogP contribution >= 0.6 is 12.4 Å². The smallest absolute Gasteiger partial charge is 0.240 e. The summed E-state index contributed by atoms with van der Waals surface area (Å²) in [5, 5.41) is 3.41. The lowest BCUT2D eigenvalue weighted by atomic mass is 10.1. The van der Waals surface area contributed by atoms with Crippen LogP contribution in [0.2, 0.25) is 0 Å². The molecule has 0 saturated heterocycles. The first-order valence-corrected chi connectivity index (χ1v) is 11.6. The van der Waals surface area contributed by atoms with Gasteiger partial charge in [-0.15, -0.1) is 12.4 Å². The molecule has 150 valence electrons. The van der Waals surface area contributed by atoms with Gasteiger partial charge in [-0.1, -0.05) is 25.7 Å². The second-order valence-corrected chi connectivity index (χ2v) is 9.87. The van der Waals surface area contributed by atoms with Gasteiger partial charge in [0.25, 0.3) is 0 Å². The molecule has 1 fully saturated rings. The number of rotatable bonds is 8. The minimum Gasteiger partial charge on any atom is -0.313 e. The first-order chi connectivity index (χ1) is 11.8. The summed E-state index contributed by atoms with van der Waals surface area (Å²) in [6.07, 6.45) is 7.31. The molecule has 0 heterocycles. The van der Waals surface area contributed by atoms with Crippen LogP contribution in [0, 0.1) is 0 Å². The zero-order valence-corrected chi connectivity index (χ0v) is 17.4.